The van der Waals surface area contributed by atoms with Crippen LogP contribution in [0.15, 0.2) is 47.4 Å². The molecule has 0 atom stereocenters. The van der Waals surface area contributed by atoms with E-state index in [0.717, 1.165) is 0 Å². The predicted molar refractivity (Wildman–Crippen MR) is 113 cm³/mol. The molecule has 2 aromatic rings. The number of hydrogen-bond donors (Lipinski definition) is 1. The number of ether oxygens (including phenoxy) is 3. The number of nitrogens with zero attached hydrogens (tertiary/aromatic N) is 1. The number of anilines is 1. The minimum atomic E-state index is -4.07. The van der Waals surface area contributed by atoms with Gasteiger partial charge in [0.2, 0.25) is 0 Å². The SMILES string of the molecule is CCN(c1cccc(CO)c1)S(=O)(=O)c1cc(C=CC(=O)OC)cc(OC)c1OC. The second-order valence-corrected chi connectivity index (χ2v) is 7.94. The van der Waals surface area contributed by atoms with Crippen molar-refractivity contribution < 1.29 is 32.5 Å². The predicted octanol–water partition coefficient (Wildman–Crippen LogP) is 2.60. The van der Waals surface area contributed by atoms with Gasteiger partial charge in [-0.1, -0.05) is 12.1 Å². The second kappa shape index (κ2) is 10.1. The fourth-order valence-corrected chi connectivity index (χ4v) is 4.56. The van der Waals surface area contributed by atoms with Gasteiger partial charge in [0.05, 0.1) is 33.6 Å². The summed E-state index contributed by atoms with van der Waals surface area (Å²) in [4.78, 5) is 11.3. The molecule has 0 heterocycles. The van der Waals surface area contributed by atoms with Crippen molar-refractivity contribution in [3.63, 3.8) is 0 Å². The summed E-state index contributed by atoms with van der Waals surface area (Å²) in [5.74, 6) is -0.335. The molecule has 0 aromatic heterocycles. The number of methoxy groups -OCH3 is 3. The van der Waals surface area contributed by atoms with Gasteiger partial charge in [0.15, 0.2) is 11.5 Å². The van der Waals surface area contributed by atoms with Crippen molar-refractivity contribution in [3.8, 4) is 11.5 Å². The van der Waals surface area contributed by atoms with Crippen molar-refractivity contribution >= 4 is 27.8 Å². The number of aliphatic hydroxyl groups excluding tert-OH is 1. The van der Waals surface area contributed by atoms with E-state index in [9.17, 15) is 18.3 Å². The number of aliphatic hydroxyl groups is 1. The van der Waals surface area contributed by atoms with Crippen LogP contribution in [0.4, 0.5) is 5.69 Å². The van der Waals surface area contributed by atoms with E-state index in [4.69, 9.17) is 9.47 Å². The molecule has 0 unspecified atom stereocenters. The van der Waals surface area contributed by atoms with Crippen molar-refractivity contribution in [1.29, 1.82) is 0 Å². The van der Waals surface area contributed by atoms with Gasteiger partial charge < -0.3 is 19.3 Å². The number of esters is 1. The topological polar surface area (TPSA) is 102 Å². The Kier molecular flexibility index (Phi) is 7.85. The number of carbonyl (C=O) groups excluding carboxylic acids is 1. The first-order chi connectivity index (χ1) is 14.3. The average Bonchev–Trinajstić information content (AvgIpc) is 2.76. The highest BCUT2D eigenvalue weighted by atomic mass is 32.2. The maximum Gasteiger partial charge on any atom is 0.330 e. The van der Waals surface area contributed by atoms with Gasteiger partial charge >= 0.3 is 5.97 Å². The molecule has 0 saturated heterocycles. The average molecular weight is 435 g/mol. The van der Waals surface area contributed by atoms with E-state index < -0.39 is 16.0 Å². The molecule has 0 bridgehead atoms. The molecule has 0 aliphatic rings. The van der Waals surface area contributed by atoms with Crippen LogP contribution >= 0.6 is 0 Å². The van der Waals surface area contributed by atoms with Gasteiger partial charge in [-0.15, -0.1) is 0 Å². The Balaban J connectivity index is 2.67. The lowest BCUT2D eigenvalue weighted by Gasteiger charge is -2.25. The molecule has 0 radical (unpaired) electrons. The van der Waals surface area contributed by atoms with Gasteiger partial charge in [0.25, 0.3) is 10.0 Å². The number of hydrogen-bond acceptors (Lipinski definition) is 7. The Bertz CT molecular complexity index is 1030. The first-order valence-corrected chi connectivity index (χ1v) is 10.5. The van der Waals surface area contributed by atoms with Crippen LogP contribution in [0.3, 0.4) is 0 Å². The quantitative estimate of drug-likeness (QED) is 0.477. The van der Waals surface area contributed by atoms with Gasteiger partial charge in [-0.3, -0.25) is 4.31 Å². The fourth-order valence-electron chi connectivity index (χ4n) is 2.89. The van der Waals surface area contributed by atoms with Gasteiger partial charge in [-0.05, 0) is 48.4 Å². The van der Waals surface area contributed by atoms with Crippen LogP contribution in [0.25, 0.3) is 6.08 Å². The fraction of sp³-hybridized carbons (Fsp3) is 0.286. The van der Waals surface area contributed by atoms with E-state index in [-0.39, 0.29) is 29.5 Å². The standard InChI is InChI=1S/C21H25NO7S/c1-5-22(17-8-6-7-16(11-17)14-23)30(25,26)19-13-15(9-10-20(24)28-3)12-18(27-2)21(19)29-4/h6-13,23H,5,14H2,1-4H3. The van der Waals surface area contributed by atoms with Gasteiger partial charge in [-0.25, -0.2) is 13.2 Å². The van der Waals surface area contributed by atoms with Gasteiger partial charge in [0.1, 0.15) is 4.90 Å². The van der Waals surface area contributed by atoms with Crippen LogP contribution in [0.2, 0.25) is 0 Å². The number of sulfonamides is 1. The van der Waals surface area contributed by atoms with Crippen molar-refractivity contribution in [1.82, 2.24) is 0 Å². The van der Waals surface area contributed by atoms with Crippen LogP contribution in [-0.2, 0) is 26.2 Å². The minimum absolute atomic E-state index is 0.0458. The summed E-state index contributed by atoms with van der Waals surface area (Å²) in [6, 6.07) is 9.57. The summed E-state index contributed by atoms with van der Waals surface area (Å²) < 4.78 is 43.6. The summed E-state index contributed by atoms with van der Waals surface area (Å²) in [7, 11) is -0.0838. The highest BCUT2D eigenvalue weighted by Gasteiger charge is 2.30. The molecule has 2 rings (SSSR count). The Labute approximate surface area is 176 Å². The summed E-state index contributed by atoms with van der Waals surface area (Å²) in [5.41, 5.74) is 1.40. The third-order valence-electron chi connectivity index (χ3n) is 4.32. The Morgan fingerprint density at radius 2 is 1.87 bits per heavy atom. The van der Waals surface area contributed by atoms with E-state index in [2.05, 4.69) is 4.74 Å². The van der Waals surface area contributed by atoms with Crippen molar-refractivity contribution in [2.75, 3.05) is 32.2 Å². The molecule has 0 aliphatic heterocycles. The first-order valence-electron chi connectivity index (χ1n) is 9.06. The van der Waals surface area contributed by atoms with Gasteiger partial charge in [-0.2, -0.15) is 0 Å². The molecule has 0 fully saturated rings. The van der Waals surface area contributed by atoms with E-state index in [1.54, 1.807) is 37.3 Å². The zero-order valence-corrected chi connectivity index (χ0v) is 18.1. The maximum atomic E-state index is 13.6. The van der Waals surface area contributed by atoms with Crippen LogP contribution in [0.5, 0.6) is 11.5 Å². The summed E-state index contributed by atoms with van der Waals surface area (Å²) in [6.45, 7) is 1.63. The normalized spacial score (nSPS) is 11.4. The molecule has 2 aromatic carbocycles. The third-order valence-corrected chi connectivity index (χ3v) is 6.22. The van der Waals surface area contributed by atoms with Crippen LogP contribution in [0, 0.1) is 0 Å². The lowest BCUT2D eigenvalue weighted by atomic mass is 10.2. The largest absolute Gasteiger partial charge is 0.493 e. The minimum Gasteiger partial charge on any atom is -0.493 e. The second-order valence-electron chi connectivity index (χ2n) is 6.11. The Morgan fingerprint density at radius 1 is 1.13 bits per heavy atom. The first kappa shape index (κ1) is 23.2. The molecule has 0 aliphatic carbocycles. The van der Waals surface area contributed by atoms with Crippen molar-refractivity contribution in [2.24, 2.45) is 0 Å². The molecule has 30 heavy (non-hydrogen) atoms. The number of rotatable bonds is 9. The highest BCUT2D eigenvalue weighted by Crippen LogP contribution is 2.38. The maximum absolute atomic E-state index is 13.6. The third kappa shape index (κ3) is 4.92. The van der Waals surface area contributed by atoms with Gasteiger partial charge in [0, 0.05) is 12.6 Å². The molecule has 9 heteroatoms. The Morgan fingerprint density at radius 3 is 2.43 bits per heavy atom. The molecule has 0 amide bonds. The monoisotopic (exact) mass is 435 g/mol. The Hall–Kier alpha value is -3.04. The zero-order chi connectivity index (χ0) is 22.3. The van der Waals surface area contributed by atoms with E-state index in [1.165, 1.54) is 43.9 Å². The highest BCUT2D eigenvalue weighted by molar-refractivity contribution is 7.93. The molecule has 1 N–H and O–H groups in total. The molecular formula is C21H25NO7S. The zero-order valence-electron chi connectivity index (χ0n) is 17.3. The summed E-state index contributed by atoms with van der Waals surface area (Å²) in [6.07, 6.45) is 2.61. The van der Waals surface area contributed by atoms with Crippen LogP contribution < -0.4 is 13.8 Å². The summed E-state index contributed by atoms with van der Waals surface area (Å²) >= 11 is 0. The van der Waals surface area contributed by atoms with Crippen molar-refractivity contribution in [2.45, 2.75) is 18.4 Å². The molecule has 0 saturated carbocycles. The molecule has 8 nitrogen and oxygen atoms in total. The van der Waals surface area contributed by atoms with Crippen molar-refractivity contribution in [3.05, 3.63) is 53.6 Å². The lowest BCUT2D eigenvalue weighted by Crippen LogP contribution is -2.31. The van der Waals surface area contributed by atoms with E-state index >= 15 is 0 Å². The molecule has 162 valence electrons. The number of benzene rings is 2. The van der Waals surface area contributed by atoms with Crippen LogP contribution in [-0.4, -0.2) is 47.4 Å². The summed E-state index contributed by atoms with van der Waals surface area (Å²) in [5, 5.41) is 9.40. The smallest absolute Gasteiger partial charge is 0.330 e. The number of carbonyl (C=O) groups is 1. The lowest BCUT2D eigenvalue weighted by molar-refractivity contribution is -0.134. The molecule has 0 spiro atoms. The van der Waals surface area contributed by atoms with E-state index in [0.29, 0.717) is 16.8 Å². The molecular weight excluding hydrogens is 410 g/mol. The van der Waals surface area contributed by atoms with Crippen LogP contribution in [0.1, 0.15) is 18.1 Å². The van der Waals surface area contributed by atoms with E-state index in [1.807, 2.05) is 0 Å².